The van der Waals surface area contributed by atoms with Gasteiger partial charge in [-0.3, -0.25) is 9.59 Å². The van der Waals surface area contributed by atoms with Gasteiger partial charge in [-0.1, -0.05) is 101 Å². The molecule has 0 fully saturated rings. The molecule has 0 unspecified atom stereocenters. The number of amides is 1. The van der Waals surface area contributed by atoms with E-state index < -0.39 is 0 Å². The number of halogens is 1. The lowest BCUT2D eigenvalue weighted by Crippen LogP contribution is -2.28. The summed E-state index contributed by atoms with van der Waals surface area (Å²) in [5.74, 6) is -0.403. The number of hydrogen-bond donors (Lipinski definition) is 1. The summed E-state index contributed by atoms with van der Waals surface area (Å²) in [7, 11) is 0. The van der Waals surface area contributed by atoms with Crippen LogP contribution in [0.25, 0.3) is 0 Å². The quantitative estimate of drug-likeness (QED) is 0.165. The van der Waals surface area contributed by atoms with Crippen LogP contribution in [0.4, 0.5) is 0 Å². The maximum atomic E-state index is 12.5. The summed E-state index contributed by atoms with van der Waals surface area (Å²) in [5.41, 5.74) is 2.69. The van der Waals surface area contributed by atoms with Crippen LogP contribution in [0.2, 0.25) is 5.02 Å². The van der Waals surface area contributed by atoms with E-state index in [1.54, 1.807) is 5.06 Å². The third-order valence-electron chi connectivity index (χ3n) is 6.19. The van der Waals surface area contributed by atoms with Gasteiger partial charge in [0, 0.05) is 30.6 Å². The van der Waals surface area contributed by atoms with Crippen molar-refractivity contribution in [3.05, 3.63) is 70.2 Å². The number of nitrogens with zero attached hydrogens (tertiary/aromatic N) is 1. The van der Waals surface area contributed by atoms with Crippen molar-refractivity contribution in [1.29, 1.82) is 0 Å². The van der Waals surface area contributed by atoms with E-state index in [9.17, 15) is 9.59 Å². The Bertz CT molecular complexity index is 901. The molecule has 0 aliphatic heterocycles. The summed E-state index contributed by atoms with van der Waals surface area (Å²) in [4.78, 5) is 29.4. The maximum absolute atomic E-state index is 12.5. The third-order valence-corrected chi connectivity index (χ3v) is 6.42. The largest absolute Gasteiger partial charge is 0.368 e. The number of unbranched alkanes of at least 4 members (excludes halogenated alkanes) is 9. The van der Waals surface area contributed by atoms with Crippen molar-refractivity contribution in [2.75, 3.05) is 13.1 Å². The van der Waals surface area contributed by atoms with E-state index in [2.05, 4.69) is 12.2 Å². The zero-order valence-electron chi connectivity index (χ0n) is 22.1. The minimum atomic E-state index is -0.357. The number of carbonyl (C=O) groups excluding carboxylic acids is 2. The fraction of sp³-hybridized carbons (Fsp3) is 0.533. The second kappa shape index (κ2) is 18.0. The molecular weight excluding hydrogens is 472 g/mol. The molecule has 5 nitrogen and oxygen atoms in total. The zero-order valence-corrected chi connectivity index (χ0v) is 22.8. The van der Waals surface area contributed by atoms with Gasteiger partial charge in [-0.05, 0) is 48.2 Å². The first-order valence-electron chi connectivity index (χ1n) is 13.5. The highest BCUT2D eigenvalue weighted by atomic mass is 35.5. The van der Waals surface area contributed by atoms with Crippen LogP contribution < -0.4 is 5.32 Å². The van der Waals surface area contributed by atoms with Crippen molar-refractivity contribution in [3.8, 4) is 0 Å². The lowest BCUT2D eigenvalue weighted by atomic mass is 10.1. The fourth-order valence-electron chi connectivity index (χ4n) is 4.17. The summed E-state index contributed by atoms with van der Waals surface area (Å²) in [6, 6.07) is 15.1. The second-order valence-electron chi connectivity index (χ2n) is 9.46. The predicted molar refractivity (Wildman–Crippen MR) is 148 cm³/mol. The van der Waals surface area contributed by atoms with Gasteiger partial charge < -0.3 is 10.2 Å². The zero-order chi connectivity index (χ0) is 26.0. The van der Waals surface area contributed by atoms with Crippen LogP contribution in [0.5, 0.6) is 0 Å². The minimum absolute atomic E-state index is 0.0460. The molecule has 2 rings (SSSR count). The van der Waals surface area contributed by atoms with E-state index in [0.29, 0.717) is 36.6 Å². The molecule has 0 radical (unpaired) electrons. The summed E-state index contributed by atoms with van der Waals surface area (Å²) < 4.78 is 0. The summed E-state index contributed by atoms with van der Waals surface area (Å²) >= 11 is 6.07. The van der Waals surface area contributed by atoms with E-state index in [1.165, 1.54) is 58.3 Å². The first kappa shape index (κ1) is 29.9. The van der Waals surface area contributed by atoms with E-state index in [-0.39, 0.29) is 11.9 Å². The van der Waals surface area contributed by atoms with Crippen LogP contribution in [0.3, 0.4) is 0 Å². The van der Waals surface area contributed by atoms with Crippen LogP contribution in [-0.2, 0) is 22.6 Å². The normalized spacial score (nSPS) is 11.0. The van der Waals surface area contributed by atoms with Gasteiger partial charge >= 0.3 is 5.97 Å². The van der Waals surface area contributed by atoms with E-state index in [0.717, 1.165) is 24.0 Å². The Labute approximate surface area is 222 Å². The predicted octanol–water partition coefficient (Wildman–Crippen LogP) is 7.51. The molecule has 2 aromatic rings. The topological polar surface area (TPSA) is 58.6 Å². The highest BCUT2D eigenvalue weighted by Gasteiger charge is 2.12. The Hall–Kier alpha value is -2.37. The van der Waals surface area contributed by atoms with Gasteiger partial charge in [0.05, 0.1) is 6.54 Å². The third kappa shape index (κ3) is 13.1. The van der Waals surface area contributed by atoms with Gasteiger partial charge in [0.15, 0.2) is 0 Å². The van der Waals surface area contributed by atoms with Crippen molar-refractivity contribution in [3.63, 3.8) is 0 Å². The summed E-state index contributed by atoms with van der Waals surface area (Å²) in [5, 5.41) is 5.35. The Morgan fingerprint density at radius 2 is 1.50 bits per heavy atom. The molecule has 0 aliphatic carbocycles. The van der Waals surface area contributed by atoms with Crippen LogP contribution >= 0.6 is 11.6 Å². The average Bonchev–Trinajstić information content (AvgIpc) is 2.86. The molecule has 6 heteroatoms. The number of nitrogens with one attached hydrogen (secondary N) is 1. The molecule has 0 saturated carbocycles. The molecular formula is C30H43ClN2O3. The molecule has 0 heterocycles. The highest BCUT2D eigenvalue weighted by Crippen LogP contribution is 2.14. The Kier molecular flexibility index (Phi) is 14.9. The van der Waals surface area contributed by atoms with Crippen molar-refractivity contribution < 1.29 is 14.4 Å². The highest BCUT2D eigenvalue weighted by molar-refractivity contribution is 6.30. The smallest absolute Gasteiger partial charge is 0.322 e. The molecule has 0 saturated heterocycles. The number of carbonyl (C=O) groups is 2. The van der Waals surface area contributed by atoms with Crippen LogP contribution in [-0.4, -0.2) is 30.0 Å². The molecule has 0 aliphatic rings. The first-order valence-corrected chi connectivity index (χ1v) is 13.9. The fourth-order valence-corrected chi connectivity index (χ4v) is 4.38. The second-order valence-corrected chi connectivity index (χ2v) is 9.90. The number of hydrogen-bond acceptors (Lipinski definition) is 4. The Balaban J connectivity index is 1.68. The van der Waals surface area contributed by atoms with E-state index in [1.807, 2.05) is 48.5 Å². The lowest BCUT2D eigenvalue weighted by Gasteiger charge is -2.20. The van der Waals surface area contributed by atoms with Crippen LogP contribution in [0, 0.1) is 0 Å². The van der Waals surface area contributed by atoms with Crippen LogP contribution in [0.1, 0.15) is 99.5 Å². The molecule has 0 bridgehead atoms. The standard InChI is InChI=1S/C30H43ClN2O3/c1-3-4-5-6-7-8-9-10-11-12-21-32-30(35)28-18-16-27(17-19-28)24-33(36-25(2)34)22-20-26-14-13-15-29(31)23-26/h13-19,23H,3-12,20-22,24H2,1-2H3,(H,32,35). The van der Waals surface area contributed by atoms with Gasteiger partial charge in [0.1, 0.15) is 0 Å². The summed E-state index contributed by atoms with van der Waals surface area (Å²) in [6.07, 6.45) is 13.5. The van der Waals surface area contributed by atoms with Gasteiger partial charge in [-0.15, -0.1) is 5.06 Å². The van der Waals surface area contributed by atoms with Gasteiger partial charge in [-0.25, -0.2) is 0 Å². The first-order chi connectivity index (χ1) is 17.5. The molecule has 1 amide bonds. The van der Waals surface area contributed by atoms with Gasteiger partial charge in [0.25, 0.3) is 5.91 Å². The van der Waals surface area contributed by atoms with E-state index in [4.69, 9.17) is 16.4 Å². The number of rotatable bonds is 18. The molecule has 198 valence electrons. The number of hydroxylamine groups is 2. The molecule has 2 aromatic carbocycles. The van der Waals surface area contributed by atoms with Crippen molar-refractivity contribution in [1.82, 2.24) is 10.4 Å². The van der Waals surface area contributed by atoms with Crippen LogP contribution in [0.15, 0.2) is 48.5 Å². The average molecular weight is 515 g/mol. The molecule has 36 heavy (non-hydrogen) atoms. The lowest BCUT2D eigenvalue weighted by molar-refractivity contribution is -0.190. The Morgan fingerprint density at radius 1 is 0.861 bits per heavy atom. The van der Waals surface area contributed by atoms with E-state index >= 15 is 0 Å². The monoisotopic (exact) mass is 514 g/mol. The number of benzene rings is 2. The molecule has 0 aromatic heterocycles. The van der Waals surface area contributed by atoms with Crippen molar-refractivity contribution >= 4 is 23.5 Å². The molecule has 0 atom stereocenters. The SMILES string of the molecule is CCCCCCCCCCCCNC(=O)c1ccc(CN(CCc2cccc(Cl)c2)OC(C)=O)cc1. The molecule has 1 N–H and O–H groups in total. The minimum Gasteiger partial charge on any atom is -0.368 e. The van der Waals surface area contributed by atoms with Crippen molar-refractivity contribution in [2.24, 2.45) is 0 Å². The van der Waals surface area contributed by atoms with Gasteiger partial charge in [-0.2, -0.15) is 0 Å². The maximum Gasteiger partial charge on any atom is 0.322 e. The summed E-state index contributed by atoms with van der Waals surface area (Å²) in [6.45, 7) is 5.35. The Morgan fingerprint density at radius 3 is 2.11 bits per heavy atom. The molecule has 0 spiro atoms. The van der Waals surface area contributed by atoms with Gasteiger partial charge in [0.2, 0.25) is 0 Å². The van der Waals surface area contributed by atoms with Crippen molar-refractivity contribution in [2.45, 2.75) is 91.0 Å².